The van der Waals surface area contributed by atoms with Crippen LogP contribution in [0.25, 0.3) is 0 Å². The molecule has 0 bridgehead atoms. The van der Waals surface area contributed by atoms with Crippen molar-refractivity contribution in [2.75, 3.05) is 6.61 Å². The number of hydrogen-bond donors (Lipinski definition) is 4. The molecule has 4 aliphatic rings. The van der Waals surface area contributed by atoms with Gasteiger partial charge in [0.15, 0.2) is 17.2 Å². The van der Waals surface area contributed by atoms with Gasteiger partial charge < -0.3 is 20.4 Å². The molecule has 0 saturated heterocycles. The number of allylic oxidation sites excluding steroid dienone is 4. The summed E-state index contributed by atoms with van der Waals surface area (Å²) in [5.74, 6) is -1.22. The third-order valence-corrected chi connectivity index (χ3v) is 7.70. The lowest BCUT2D eigenvalue weighted by atomic mass is 9.47. The molecule has 0 aromatic carbocycles. The average Bonchev–Trinajstić information content (AvgIpc) is 2.82. The summed E-state index contributed by atoms with van der Waals surface area (Å²) in [5, 5.41) is 42.1. The normalized spacial score (nSPS) is 48.3. The summed E-state index contributed by atoms with van der Waals surface area (Å²) in [4.78, 5) is 24.2. The quantitative estimate of drug-likeness (QED) is 0.522. The minimum absolute atomic E-state index is 0.0468. The first-order chi connectivity index (χ1) is 12.6. The zero-order valence-electron chi connectivity index (χ0n) is 15.6. The second kappa shape index (κ2) is 5.70. The van der Waals surface area contributed by atoms with E-state index in [0.717, 1.165) is 11.1 Å². The number of carbonyl (C=O) groups is 2. The van der Waals surface area contributed by atoms with E-state index >= 15 is 0 Å². The fourth-order valence-electron chi connectivity index (χ4n) is 6.30. The molecule has 0 heterocycles. The Bertz CT molecular complexity index is 809. The first-order valence-electron chi connectivity index (χ1n) is 9.48. The van der Waals surface area contributed by atoms with Crippen LogP contribution in [0.4, 0.5) is 0 Å². The molecule has 0 aromatic rings. The van der Waals surface area contributed by atoms with Crippen LogP contribution in [0.1, 0.15) is 33.1 Å². The Morgan fingerprint density at radius 1 is 1.30 bits per heavy atom. The topological polar surface area (TPSA) is 115 Å². The fraction of sp³-hybridized carbons (Fsp3) is 0.619. The molecule has 27 heavy (non-hydrogen) atoms. The largest absolute Gasteiger partial charge is 0.393 e. The average molecular weight is 374 g/mol. The van der Waals surface area contributed by atoms with Crippen molar-refractivity contribution in [2.45, 2.75) is 50.9 Å². The van der Waals surface area contributed by atoms with Crippen molar-refractivity contribution >= 4 is 11.6 Å². The van der Waals surface area contributed by atoms with Crippen LogP contribution >= 0.6 is 0 Å². The van der Waals surface area contributed by atoms with Gasteiger partial charge in [-0.15, -0.1) is 0 Å². The van der Waals surface area contributed by atoms with Crippen LogP contribution in [-0.4, -0.2) is 56.4 Å². The highest BCUT2D eigenvalue weighted by molar-refractivity contribution is 6.01. The van der Waals surface area contributed by atoms with E-state index in [0.29, 0.717) is 12.8 Å². The van der Waals surface area contributed by atoms with E-state index in [-0.39, 0.29) is 24.0 Å². The van der Waals surface area contributed by atoms with Crippen LogP contribution in [0.3, 0.4) is 0 Å². The summed E-state index contributed by atoms with van der Waals surface area (Å²) in [7, 11) is 0. The zero-order chi connectivity index (χ0) is 19.8. The number of carbonyl (C=O) groups excluding carboxylic acids is 2. The predicted octanol–water partition coefficient (Wildman–Crippen LogP) is 0.448. The van der Waals surface area contributed by atoms with Crippen LogP contribution in [0, 0.1) is 22.7 Å². The Balaban J connectivity index is 1.81. The molecule has 0 radical (unpaired) electrons. The number of ketones is 2. The van der Waals surface area contributed by atoms with Gasteiger partial charge in [0.05, 0.1) is 6.10 Å². The Morgan fingerprint density at radius 3 is 2.67 bits per heavy atom. The maximum absolute atomic E-state index is 12.4. The van der Waals surface area contributed by atoms with E-state index < -0.39 is 41.0 Å². The van der Waals surface area contributed by atoms with Crippen molar-refractivity contribution in [1.29, 1.82) is 0 Å². The molecule has 6 nitrogen and oxygen atoms in total. The summed E-state index contributed by atoms with van der Waals surface area (Å²) >= 11 is 0. The molecule has 4 N–H and O–H groups in total. The highest BCUT2D eigenvalue weighted by Crippen LogP contribution is 2.65. The van der Waals surface area contributed by atoms with E-state index in [2.05, 4.69) is 0 Å². The van der Waals surface area contributed by atoms with Gasteiger partial charge in [-0.05, 0) is 37.3 Å². The molecule has 0 amide bonds. The summed E-state index contributed by atoms with van der Waals surface area (Å²) < 4.78 is 0. The van der Waals surface area contributed by atoms with E-state index in [1.54, 1.807) is 19.1 Å². The Kier molecular flexibility index (Phi) is 3.96. The summed E-state index contributed by atoms with van der Waals surface area (Å²) in [6.07, 6.45) is 5.80. The molecule has 4 rings (SSSR count). The highest BCUT2D eigenvalue weighted by Gasteiger charge is 2.68. The van der Waals surface area contributed by atoms with E-state index in [4.69, 9.17) is 0 Å². The fourth-order valence-corrected chi connectivity index (χ4v) is 6.30. The highest BCUT2D eigenvalue weighted by atomic mass is 16.4. The molecule has 2 unspecified atom stereocenters. The van der Waals surface area contributed by atoms with Gasteiger partial charge in [-0.1, -0.05) is 37.1 Å². The zero-order valence-corrected chi connectivity index (χ0v) is 15.6. The number of aliphatic hydroxyl groups excluding tert-OH is 3. The molecule has 2 saturated carbocycles. The van der Waals surface area contributed by atoms with Crippen molar-refractivity contribution in [3.05, 3.63) is 35.5 Å². The van der Waals surface area contributed by atoms with E-state index in [1.807, 2.05) is 13.0 Å². The summed E-state index contributed by atoms with van der Waals surface area (Å²) in [6, 6.07) is 0. The van der Waals surface area contributed by atoms with Crippen molar-refractivity contribution in [3.63, 3.8) is 0 Å². The lowest BCUT2D eigenvalue weighted by Gasteiger charge is -2.58. The predicted molar refractivity (Wildman–Crippen MR) is 96.4 cm³/mol. The number of aliphatic hydroxyl groups is 4. The standard InChI is InChI=1S/C21H26O6/c1-19-6-5-12(23)7-11(19)3-4-13-14-8-16(25)21(27,17(26)10-22)20(14,2)9-15(24)18(13)19/h5-8,13,15-16,18,22,24-25,27H,3-4,9-10H2,1-2H3/t13-,15?,16?,18+,19-,20-,21-/m0/s1. The molecule has 2 fully saturated rings. The minimum Gasteiger partial charge on any atom is -0.393 e. The maximum Gasteiger partial charge on any atom is 0.193 e. The number of hydrogen-bond acceptors (Lipinski definition) is 6. The lowest BCUT2D eigenvalue weighted by Crippen LogP contribution is -2.63. The first kappa shape index (κ1) is 18.7. The number of rotatable bonds is 2. The van der Waals surface area contributed by atoms with Crippen LogP contribution in [-0.2, 0) is 9.59 Å². The first-order valence-corrected chi connectivity index (χ1v) is 9.48. The lowest BCUT2D eigenvalue weighted by molar-refractivity contribution is -0.174. The maximum atomic E-state index is 12.4. The molecule has 4 aliphatic carbocycles. The van der Waals surface area contributed by atoms with Gasteiger partial charge in [0.2, 0.25) is 0 Å². The molecular formula is C21H26O6. The van der Waals surface area contributed by atoms with Gasteiger partial charge >= 0.3 is 0 Å². The monoisotopic (exact) mass is 374 g/mol. The molecular weight excluding hydrogens is 348 g/mol. The van der Waals surface area contributed by atoms with Gasteiger partial charge in [0.25, 0.3) is 0 Å². The Labute approximate surface area is 157 Å². The van der Waals surface area contributed by atoms with Crippen LogP contribution in [0.2, 0.25) is 0 Å². The Hall–Kier alpha value is -1.60. The smallest absolute Gasteiger partial charge is 0.193 e. The van der Waals surface area contributed by atoms with E-state index in [1.165, 1.54) is 6.08 Å². The number of fused-ring (bicyclic) bond motifs is 5. The summed E-state index contributed by atoms with van der Waals surface area (Å²) in [6.45, 7) is 2.83. The van der Waals surface area contributed by atoms with Crippen LogP contribution < -0.4 is 0 Å². The van der Waals surface area contributed by atoms with E-state index in [9.17, 15) is 30.0 Å². The Morgan fingerprint density at radius 2 is 2.00 bits per heavy atom. The van der Waals surface area contributed by atoms with Crippen molar-refractivity contribution in [2.24, 2.45) is 22.7 Å². The third-order valence-electron chi connectivity index (χ3n) is 7.70. The molecule has 0 aliphatic heterocycles. The molecule has 0 aromatic heterocycles. The second-order valence-corrected chi connectivity index (χ2v) is 8.88. The van der Waals surface area contributed by atoms with Gasteiger partial charge in [-0.3, -0.25) is 9.59 Å². The SMILES string of the molecule is C[C@]12C=CC(=O)C=C1CC[C@H]1C3=CC(O)[C@](O)(C(=O)CO)[C@@]3(C)CC(O)[C@@H]12. The van der Waals surface area contributed by atoms with Crippen LogP contribution in [0.5, 0.6) is 0 Å². The van der Waals surface area contributed by atoms with Gasteiger partial charge in [0.1, 0.15) is 12.7 Å². The molecule has 6 heteroatoms. The number of Topliss-reactive ketones (excluding diaryl/α,β-unsaturated/α-hetero) is 1. The van der Waals surface area contributed by atoms with Gasteiger partial charge in [-0.25, -0.2) is 0 Å². The third kappa shape index (κ3) is 2.15. The second-order valence-electron chi connectivity index (χ2n) is 8.88. The molecule has 146 valence electrons. The van der Waals surface area contributed by atoms with Crippen molar-refractivity contribution in [3.8, 4) is 0 Å². The van der Waals surface area contributed by atoms with Crippen LogP contribution in [0.15, 0.2) is 35.5 Å². The molecule has 7 atom stereocenters. The van der Waals surface area contributed by atoms with Gasteiger partial charge in [-0.2, -0.15) is 0 Å². The van der Waals surface area contributed by atoms with Crippen molar-refractivity contribution in [1.82, 2.24) is 0 Å². The minimum atomic E-state index is -2.14. The molecule has 0 spiro atoms. The van der Waals surface area contributed by atoms with Crippen molar-refractivity contribution < 1.29 is 30.0 Å². The van der Waals surface area contributed by atoms with Gasteiger partial charge in [0, 0.05) is 16.7 Å². The summed E-state index contributed by atoms with van der Waals surface area (Å²) in [5.41, 5.74) is -1.98.